The van der Waals surface area contributed by atoms with Gasteiger partial charge in [-0.25, -0.2) is 0 Å². The molecule has 1 aliphatic heterocycles. The van der Waals surface area contributed by atoms with Gasteiger partial charge >= 0.3 is 12.1 Å². The minimum atomic E-state index is -4.45. The molecular formula is C21H19ClF3N3O3. The number of carbonyl (C=O) groups excluding carboxylic acids is 2. The summed E-state index contributed by atoms with van der Waals surface area (Å²) in [4.78, 5) is 24.0. The number of esters is 1. The minimum absolute atomic E-state index is 0.130. The molecule has 10 heteroatoms. The number of hydrogen-bond acceptors (Lipinski definition) is 5. The zero-order valence-corrected chi connectivity index (χ0v) is 17.4. The molecule has 0 aliphatic carbocycles. The fraction of sp³-hybridized carbons (Fsp3) is 0.286. The number of hydrogen-bond donors (Lipinski definition) is 1. The number of ether oxygens (including phenoxy) is 1. The molecule has 31 heavy (non-hydrogen) atoms. The van der Waals surface area contributed by atoms with Crippen molar-refractivity contribution in [2.75, 3.05) is 18.4 Å². The molecule has 6 nitrogen and oxygen atoms in total. The van der Waals surface area contributed by atoms with Crippen molar-refractivity contribution in [2.24, 2.45) is 5.10 Å². The van der Waals surface area contributed by atoms with E-state index in [4.69, 9.17) is 16.3 Å². The molecule has 0 fully saturated rings. The molecule has 164 valence electrons. The smallest absolute Gasteiger partial charge is 0.416 e. The average molecular weight is 454 g/mol. The third kappa shape index (κ3) is 5.55. The lowest BCUT2D eigenvalue weighted by molar-refractivity contribution is -0.149. The van der Waals surface area contributed by atoms with Crippen LogP contribution in [0.3, 0.4) is 0 Å². The van der Waals surface area contributed by atoms with Gasteiger partial charge in [0.15, 0.2) is 5.60 Å². The SMILES string of the molecule is CC(=O)OC1(C)CN(CC(=O)Nc2ccc(C(F)(F)F)cc2)N=C1c1ccc(Cl)cc1. The number of carbonyl (C=O) groups is 2. The van der Waals surface area contributed by atoms with E-state index in [0.717, 1.165) is 12.1 Å². The molecule has 2 aromatic carbocycles. The molecule has 0 spiro atoms. The van der Waals surface area contributed by atoms with Crippen LogP contribution in [-0.4, -0.2) is 41.3 Å². The number of anilines is 1. The number of amides is 1. The molecule has 0 saturated carbocycles. The molecule has 1 amide bonds. The monoisotopic (exact) mass is 453 g/mol. The normalized spacial score (nSPS) is 18.5. The first-order chi connectivity index (χ1) is 14.5. The van der Waals surface area contributed by atoms with Gasteiger partial charge in [-0.05, 0) is 43.3 Å². The Balaban J connectivity index is 1.74. The van der Waals surface area contributed by atoms with Crippen molar-refractivity contribution in [3.05, 3.63) is 64.7 Å². The van der Waals surface area contributed by atoms with Crippen molar-refractivity contribution in [2.45, 2.75) is 25.6 Å². The maximum Gasteiger partial charge on any atom is 0.416 e. The van der Waals surface area contributed by atoms with Gasteiger partial charge in [0.05, 0.1) is 12.1 Å². The van der Waals surface area contributed by atoms with Gasteiger partial charge in [0.2, 0.25) is 5.91 Å². The lowest BCUT2D eigenvalue weighted by atomic mass is 9.94. The van der Waals surface area contributed by atoms with Crippen LogP contribution in [0.1, 0.15) is 25.0 Å². The lowest BCUT2D eigenvalue weighted by Gasteiger charge is -2.26. The van der Waals surface area contributed by atoms with Crippen molar-refractivity contribution in [1.29, 1.82) is 0 Å². The van der Waals surface area contributed by atoms with Gasteiger partial charge in [0.1, 0.15) is 12.3 Å². The van der Waals surface area contributed by atoms with Crippen molar-refractivity contribution in [3.63, 3.8) is 0 Å². The van der Waals surface area contributed by atoms with Crippen LogP contribution in [-0.2, 0) is 20.5 Å². The van der Waals surface area contributed by atoms with E-state index in [1.54, 1.807) is 31.2 Å². The first-order valence-electron chi connectivity index (χ1n) is 9.23. The number of benzene rings is 2. The first-order valence-corrected chi connectivity index (χ1v) is 9.61. The van der Waals surface area contributed by atoms with Crippen LogP contribution < -0.4 is 5.32 Å². The zero-order chi connectivity index (χ0) is 22.8. The van der Waals surface area contributed by atoms with Crippen LogP contribution in [0.2, 0.25) is 5.02 Å². The largest absolute Gasteiger partial charge is 0.451 e. The summed E-state index contributed by atoms with van der Waals surface area (Å²) in [6.45, 7) is 2.92. The number of hydrazone groups is 1. The quantitative estimate of drug-likeness (QED) is 0.684. The van der Waals surface area contributed by atoms with Gasteiger partial charge in [-0.3, -0.25) is 14.6 Å². The van der Waals surface area contributed by atoms with E-state index < -0.39 is 29.2 Å². The highest BCUT2D eigenvalue weighted by molar-refractivity contribution is 6.30. The highest BCUT2D eigenvalue weighted by Crippen LogP contribution is 2.30. The molecule has 0 saturated heterocycles. The number of rotatable bonds is 5. The number of alkyl halides is 3. The maximum atomic E-state index is 12.7. The van der Waals surface area contributed by atoms with Crippen LogP contribution >= 0.6 is 11.6 Å². The third-order valence-corrected chi connectivity index (χ3v) is 4.79. The maximum absolute atomic E-state index is 12.7. The minimum Gasteiger partial charge on any atom is -0.451 e. The van der Waals surface area contributed by atoms with E-state index in [9.17, 15) is 22.8 Å². The molecule has 0 bridgehead atoms. The van der Waals surface area contributed by atoms with Gasteiger partial charge in [-0.15, -0.1) is 0 Å². The topological polar surface area (TPSA) is 71.0 Å². The van der Waals surface area contributed by atoms with Crippen molar-refractivity contribution in [1.82, 2.24) is 5.01 Å². The predicted molar refractivity (Wildman–Crippen MR) is 110 cm³/mol. The van der Waals surface area contributed by atoms with Crippen LogP contribution in [0.25, 0.3) is 0 Å². The summed E-state index contributed by atoms with van der Waals surface area (Å²) in [5.74, 6) is -0.980. The summed E-state index contributed by atoms with van der Waals surface area (Å²) in [6, 6.07) is 10.9. The molecule has 1 heterocycles. The Labute approximate surface area is 181 Å². The molecule has 2 aromatic rings. The first kappa shape index (κ1) is 22.6. The standard InChI is InChI=1S/C21H19ClF3N3O3/c1-13(29)31-20(2)12-28(27-19(20)14-3-7-16(22)8-4-14)11-18(30)26-17-9-5-15(6-10-17)21(23,24)25/h3-10H,11-12H2,1-2H3,(H,26,30). The van der Waals surface area contributed by atoms with E-state index in [2.05, 4.69) is 10.4 Å². The van der Waals surface area contributed by atoms with Crippen LogP contribution in [0.4, 0.5) is 18.9 Å². The fourth-order valence-electron chi connectivity index (χ4n) is 3.27. The van der Waals surface area contributed by atoms with Crippen LogP contribution in [0.15, 0.2) is 53.6 Å². The fourth-order valence-corrected chi connectivity index (χ4v) is 3.40. The molecule has 1 N–H and O–H groups in total. The molecule has 1 unspecified atom stereocenters. The summed E-state index contributed by atoms with van der Waals surface area (Å²) >= 11 is 5.93. The Hall–Kier alpha value is -3.07. The van der Waals surface area contributed by atoms with Crippen LogP contribution in [0.5, 0.6) is 0 Å². The van der Waals surface area contributed by atoms with Gasteiger partial charge in [-0.2, -0.15) is 18.3 Å². The highest BCUT2D eigenvalue weighted by Gasteiger charge is 2.42. The van der Waals surface area contributed by atoms with Crippen LogP contribution in [0, 0.1) is 0 Å². The highest BCUT2D eigenvalue weighted by atomic mass is 35.5. The van der Waals surface area contributed by atoms with Gasteiger partial charge in [0, 0.05) is 23.2 Å². The molecule has 0 radical (unpaired) electrons. The summed E-state index contributed by atoms with van der Waals surface area (Å²) < 4.78 is 43.5. The van der Waals surface area contributed by atoms with E-state index >= 15 is 0 Å². The Morgan fingerprint density at radius 3 is 2.32 bits per heavy atom. The van der Waals surface area contributed by atoms with Gasteiger partial charge in [-0.1, -0.05) is 23.7 Å². The predicted octanol–water partition coefficient (Wildman–Crippen LogP) is 4.34. The number of nitrogens with zero attached hydrogens (tertiary/aromatic N) is 2. The van der Waals surface area contributed by atoms with Crippen molar-refractivity contribution in [3.8, 4) is 0 Å². The van der Waals surface area contributed by atoms with E-state index in [-0.39, 0.29) is 18.8 Å². The second-order valence-electron chi connectivity index (χ2n) is 7.23. The summed E-state index contributed by atoms with van der Waals surface area (Å²) in [5, 5.41) is 8.95. The van der Waals surface area contributed by atoms with Crippen molar-refractivity contribution >= 4 is 34.9 Å². The van der Waals surface area contributed by atoms with Gasteiger partial charge < -0.3 is 10.1 Å². The molecule has 1 aliphatic rings. The zero-order valence-electron chi connectivity index (χ0n) is 16.7. The summed E-state index contributed by atoms with van der Waals surface area (Å²) in [6.07, 6.45) is -4.45. The Kier molecular flexibility index (Phi) is 6.26. The van der Waals surface area contributed by atoms with E-state index in [0.29, 0.717) is 16.3 Å². The molecular weight excluding hydrogens is 435 g/mol. The molecule has 3 rings (SSSR count). The Morgan fingerprint density at radius 1 is 1.16 bits per heavy atom. The second-order valence-corrected chi connectivity index (χ2v) is 7.66. The number of halogens is 4. The Bertz CT molecular complexity index is 1010. The number of nitrogens with one attached hydrogen (secondary N) is 1. The van der Waals surface area contributed by atoms with E-state index in [1.807, 2.05) is 0 Å². The lowest BCUT2D eigenvalue weighted by Crippen LogP contribution is -2.43. The molecule has 1 atom stereocenters. The molecule has 0 aromatic heterocycles. The summed E-state index contributed by atoms with van der Waals surface area (Å²) in [7, 11) is 0. The van der Waals surface area contributed by atoms with E-state index in [1.165, 1.54) is 24.1 Å². The Morgan fingerprint density at radius 2 is 1.77 bits per heavy atom. The average Bonchev–Trinajstić information content (AvgIpc) is 2.96. The third-order valence-electron chi connectivity index (χ3n) is 4.54. The van der Waals surface area contributed by atoms with Gasteiger partial charge in [0.25, 0.3) is 0 Å². The second kappa shape index (κ2) is 8.58. The van der Waals surface area contributed by atoms with Crippen molar-refractivity contribution < 1.29 is 27.5 Å². The summed E-state index contributed by atoms with van der Waals surface area (Å²) in [5.41, 5.74) is -0.532.